The number of carboxylic acid groups (broad SMARTS) is 1. The van der Waals surface area contributed by atoms with Crippen molar-refractivity contribution in [2.75, 3.05) is 5.32 Å². The lowest BCUT2D eigenvalue weighted by atomic mass is 9.85. The van der Waals surface area contributed by atoms with E-state index in [9.17, 15) is 32.3 Å². The molecule has 0 bridgehead atoms. The van der Waals surface area contributed by atoms with Crippen LogP contribution >= 0.6 is 23.2 Å². The molecule has 180 valence electrons. The number of hydrogen-bond acceptors (Lipinski definition) is 2. The summed E-state index contributed by atoms with van der Waals surface area (Å²) >= 11 is 11.8. The van der Waals surface area contributed by atoms with Crippen LogP contribution in [0.15, 0.2) is 36.4 Å². The highest BCUT2D eigenvalue weighted by Crippen LogP contribution is 2.40. The van der Waals surface area contributed by atoms with E-state index in [0.717, 1.165) is 25.1 Å². The van der Waals surface area contributed by atoms with E-state index < -0.39 is 41.6 Å². The van der Waals surface area contributed by atoms with Gasteiger partial charge in [0.25, 0.3) is 0 Å². The van der Waals surface area contributed by atoms with Gasteiger partial charge in [-0.25, -0.2) is 4.39 Å². The van der Waals surface area contributed by atoms with E-state index in [-0.39, 0.29) is 33.6 Å². The summed E-state index contributed by atoms with van der Waals surface area (Å²) in [5, 5.41) is 11.4. The lowest BCUT2D eigenvalue weighted by Crippen LogP contribution is -2.34. The zero-order valence-electron chi connectivity index (χ0n) is 18.0. The lowest BCUT2D eigenvalue weighted by molar-refractivity contribution is -0.178. The van der Waals surface area contributed by atoms with Gasteiger partial charge < -0.3 is 10.4 Å². The SMILES string of the molecule is CC(C)C(CC(=O)O)c1ccc(Cl)c(NC(=O)C(c2ccc(Cl)c(F)c2)C(C)C(F)(F)F)c1. The number of alkyl halides is 3. The average molecular weight is 508 g/mol. The monoisotopic (exact) mass is 507 g/mol. The maximum atomic E-state index is 14.0. The summed E-state index contributed by atoms with van der Waals surface area (Å²) in [5.41, 5.74) is 0.395. The van der Waals surface area contributed by atoms with Crippen LogP contribution in [0, 0.1) is 17.7 Å². The predicted molar refractivity (Wildman–Crippen MR) is 119 cm³/mol. The molecule has 3 unspecified atom stereocenters. The number of halogens is 6. The van der Waals surface area contributed by atoms with E-state index in [1.54, 1.807) is 6.07 Å². The highest BCUT2D eigenvalue weighted by Gasteiger charge is 2.45. The van der Waals surface area contributed by atoms with Gasteiger partial charge in [0.05, 0.1) is 34.0 Å². The minimum atomic E-state index is -4.74. The van der Waals surface area contributed by atoms with Gasteiger partial charge in [0.1, 0.15) is 5.82 Å². The summed E-state index contributed by atoms with van der Waals surface area (Å²) in [5.74, 6) is -7.41. The molecule has 0 heterocycles. The molecule has 3 atom stereocenters. The molecule has 0 spiro atoms. The standard InChI is InChI=1S/C23H23Cl2F4NO3/c1-11(2)15(10-20(31)32)13-4-7-17(25)19(9-13)30-22(33)21(12(3)23(27,28)29)14-5-6-16(24)18(26)8-14/h4-9,11-12,15,21H,10H2,1-3H3,(H,30,33)(H,31,32). The average Bonchev–Trinajstić information content (AvgIpc) is 2.69. The van der Waals surface area contributed by atoms with Crippen LogP contribution in [0.5, 0.6) is 0 Å². The number of aliphatic carboxylic acids is 1. The number of carboxylic acids is 1. The second kappa shape index (κ2) is 10.7. The van der Waals surface area contributed by atoms with E-state index >= 15 is 0 Å². The molecule has 2 rings (SSSR count). The Morgan fingerprint density at radius 1 is 1.00 bits per heavy atom. The van der Waals surface area contributed by atoms with Gasteiger partial charge in [0.2, 0.25) is 5.91 Å². The Morgan fingerprint density at radius 3 is 2.09 bits per heavy atom. The molecule has 2 aromatic carbocycles. The number of amides is 1. The van der Waals surface area contributed by atoms with E-state index in [2.05, 4.69) is 5.32 Å². The molecular formula is C23H23Cl2F4NO3. The van der Waals surface area contributed by atoms with Crippen LogP contribution in [-0.2, 0) is 9.59 Å². The zero-order chi connectivity index (χ0) is 25.1. The molecule has 2 N–H and O–H groups in total. The van der Waals surface area contributed by atoms with E-state index in [0.29, 0.717) is 5.56 Å². The van der Waals surface area contributed by atoms with Crippen LogP contribution in [0.1, 0.15) is 50.2 Å². The molecule has 0 aromatic heterocycles. The summed E-state index contributed by atoms with van der Waals surface area (Å²) in [6.45, 7) is 4.49. The second-order valence-electron chi connectivity index (χ2n) is 8.16. The molecule has 1 amide bonds. The summed E-state index contributed by atoms with van der Waals surface area (Å²) in [6.07, 6.45) is -4.92. The maximum Gasteiger partial charge on any atom is 0.392 e. The quantitative estimate of drug-likeness (QED) is 0.369. The predicted octanol–water partition coefficient (Wildman–Crippen LogP) is 7.27. The summed E-state index contributed by atoms with van der Waals surface area (Å²) in [4.78, 5) is 24.3. The first-order chi connectivity index (χ1) is 15.2. The van der Waals surface area contributed by atoms with Gasteiger partial charge in [-0.2, -0.15) is 13.2 Å². The van der Waals surface area contributed by atoms with Gasteiger partial charge in [-0.1, -0.05) is 56.1 Å². The fourth-order valence-electron chi connectivity index (χ4n) is 3.57. The Morgan fingerprint density at radius 2 is 1.58 bits per heavy atom. The van der Waals surface area contributed by atoms with Crippen LogP contribution in [-0.4, -0.2) is 23.2 Å². The minimum absolute atomic E-state index is 0.0315. The Hall–Kier alpha value is -2.32. The molecule has 0 fully saturated rings. The first-order valence-electron chi connectivity index (χ1n) is 10.1. The van der Waals surface area contributed by atoms with Crippen LogP contribution in [0.2, 0.25) is 10.0 Å². The third kappa shape index (κ3) is 6.84. The van der Waals surface area contributed by atoms with Crippen molar-refractivity contribution in [3.63, 3.8) is 0 Å². The maximum absolute atomic E-state index is 14.0. The molecule has 10 heteroatoms. The van der Waals surface area contributed by atoms with E-state index in [1.807, 2.05) is 13.8 Å². The fraction of sp³-hybridized carbons (Fsp3) is 0.391. The van der Waals surface area contributed by atoms with Gasteiger partial charge >= 0.3 is 12.1 Å². The Bertz CT molecular complexity index is 1030. The molecule has 0 radical (unpaired) electrons. The van der Waals surface area contributed by atoms with Crippen molar-refractivity contribution in [2.24, 2.45) is 11.8 Å². The third-order valence-corrected chi connectivity index (χ3v) is 6.11. The van der Waals surface area contributed by atoms with Crippen LogP contribution in [0.25, 0.3) is 0 Å². The van der Waals surface area contributed by atoms with Gasteiger partial charge in [0, 0.05) is 0 Å². The highest BCUT2D eigenvalue weighted by molar-refractivity contribution is 6.33. The van der Waals surface area contributed by atoms with Crippen molar-refractivity contribution < 1.29 is 32.3 Å². The molecule has 4 nitrogen and oxygen atoms in total. The van der Waals surface area contributed by atoms with Gasteiger partial charge in [-0.15, -0.1) is 0 Å². The normalized spacial score (nSPS) is 14.6. The first-order valence-corrected chi connectivity index (χ1v) is 10.8. The minimum Gasteiger partial charge on any atom is -0.481 e. The van der Waals surface area contributed by atoms with Crippen LogP contribution in [0.3, 0.4) is 0 Å². The van der Waals surface area contributed by atoms with Crippen molar-refractivity contribution in [1.82, 2.24) is 0 Å². The number of rotatable bonds is 8. The number of nitrogens with one attached hydrogen (secondary N) is 1. The van der Waals surface area contributed by atoms with Crippen LogP contribution in [0.4, 0.5) is 23.2 Å². The van der Waals surface area contributed by atoms with Crippen LogP contribution < -0.4 is 5.32 Å². The second-order valence-corrected chi connectivity index (χ2v) is 8.97. The van der Waals surface area contributed by atoms with Crippen molar-refractivity contribution in [3.05, 3.63) is 63.4 Å². The Labute approximate surface area is 198 Å². The molecule has 0 aliphatic heterocycles. The molecule has 2 aromatic rings. The summed E-state index contributed by atoms with van der Waals surface area (Å²) in [6, 6.07) is 7.55. The molecule has 0 aliphatic carbocycles. The molecular weight excluding hydrogens is 485 g/mol. The Balaban J connectivity index is 2.46. The molecule has 0 aliphatic rings. The molecule has 33 heavy (non-hydrogen) atoms. The summed E-state index contributed by atoms with van der Waals surface area (Å²) < 4.78 is 54.6. The van der Waals surface area contributed by atoms with Crippen molar-refractivity contribution in [3.8, 4) is 0 Å². The molecule has 0 saturated heterocycles. The largest absolute Gasteiger partial charge is 0.481 e. The number of carbonyl (C=O) groups is 2. The van der Waals surface area contributed by atoms with Crippen molar-refractivity contribution in [1.29, 1.82) is 0 Å². The van der Waals surface area contributed by atoms with Crippen molar-refractivity contribution >= 4 is 40.8 Å². The fourth-order valence-corrected chi connectivity index (χ4v) is 3.85. The van der Waals surface area contributed by atoms with Gasteiger partial charge in [-0.3, -0.25) is 9.59 Å². The highest BCUT2D eigenvalue weighted by atomic mass is 35.5. The summed E-state index contributed by atoms with van der Waals surface area (Å²) in [7, 11) is 0. The zero-order valence-corrected chi connectivity index (χ0v) is 19.5. The third-order valence-electron chi connectivity index (χ3n) is 5.48. The number of anilines is 1. The van der Waals surface area contributed by atoms with E-state index in [1.165, 1.54) is 12.1 Å². The molecule has 0 saturated carbocycles. The number of carbonyl (C=O) groups excluding carboxylic acids is 1. The Kier molecular flexibility index (Phi) is 8.76. The number of hydrogen-bond donors (Lipinski definition) is 2. The van der Waals surface area contributed by atoms with Gasteiger partial charge in [0.15, 0.2) is 0 Å². The van der Waals surface area contributed by atoms with E-state index in [4.69, 9.17) is 23.2 Å². The van der Waals surface area contributed by atoms with Crippen molar-refractivity contribution in [2.45, 2.75) is 45.2 Å². The smallest absolute Gasteiger partial charge is 0.392 e. The topological polar surface area (TPSA) is 66.4 Å². The lowest BCUT2D eigenvalue weighted by Gasteiger charge is -2.26. The first kappa shape index (κ1) is 26.9. The number of benzene rings is 2. The van der Waals surface area contributed by atoms with Gasteiger partial charge in [-0.05, 0) is 47.2 Å².